The lowest BCUT2D eigenvalue weighted by molar-refractivity contribution is -0.123. The summed E-state index contributed by atoms with van der Waals surface area (Å²) in [7, 11) is 0. The van der Waals surface area contributed by atoms with E-state index in [1.165, 1.54) is 0 Å². The van der Waals surface area contributed by atoms with Crippen molar-refractivity contribution in [1.29, 1.82) is 0 Å². The van der Waals surface area contributed by atoms with Crippen LogP contribution >= 0.6 is 11.6 Å². The summed E-state index contributed by atoms with van der Waals surface area (Å²) >= 11 is 5.93. The van der Waals surface area contributed by atoms with Gasteiger partial charge in [0.05, 0.1) is 5.41 Å². The Bertz CT molecular complexity index is 609. The standard InChI is InChI=1S/C19H21ClO2/c20-16-9-7-15(8-10-16)19(11-12-19)18(22)13-14-5-3-1-2-4-6-17(14)21/h5,7-10H,1-4,6,11-13H2. The highest BCUT2D eigenvalue weighted by Crippen LogP contribution is 2.50. The molecule has 0 atom stereocenters. The number of hydrogen-bond acceptors (Lipinski definition) is 2. The van der Waals surface area contributed by atoms with Crippen LogP contribution < -0.4 is 0 Å². The second-order valence-corrected chi connectivity index (χ2v) is 6.88. The van der Waals surface area contributed by atoms with Crippen molar-refractivity contribution in [3.05, 3.63) is 46.5 Å². The maximum atomic E-state index is 12.8. The zero-order valence-corrected chi connectivity index (χ0v) is 13.5. The summed E-state index contributed by atoms with van der Waals surface area (Å²) in [6.07, 6.45) is 8.75. The second-order valence-electron chi connectivity index (χ2n) is 6.44. The first kappa shape index (κ1) is 15.5. The molecule has 1 aromatic carbocycles. The number of allylic oxidation sites excluding steroid dienone is 2. The maximum Gasteiger partial charge on any atom is 0.158 e. The van der Waals surface area contributed by atoms with Crippen molar-refractivity contribution in [2.45, 2.75) is 56.8 Å². The second kappa shape index (κ2) is 6.37. The quantitative estimate of drug-likeness (QED) is 0.800. The molecule has 2 aliphatic rings. The Morgan fingerprint density at radius 1 is 1.09 bits per heavy atom. The smallest absolute Gasteiger partial charge is 0.158 e. The van der Waals surface area contributed by atoms with Gasteiger partial charge in [-0.15, -0.1) is 0 Å². The van der Waals surface area contributed by atoms with Crippen LogP contribution in [0.4, 0.5) is 0 Å². The summed E-state index contributed by atoms with van der Waals surface area (Å²) in [6.45, 7) is 0. The molecular weight excluding hydrogens is 296 g/mol. The number of carbonyl (C=O) groups excluding carboxylic acids is 2. The van der Waals surface area contributed by atoms with Crippen LogP contribution in [0.5, 0.6) is 0 Å². The highest BCUT2D eigenvalue weighted by Gasteiger charge is 2.50. The van der Waals surface area contributed by atoms with Crippen molar-refractivity contribution in [2.75, 3.05) is 0 Å². The topological polar surface area (TPSA) is 34.1 Å². The molecular formula is C19H21ClO2. The Kier molecular flexibility index (Phi) is 4.49. The monoisotopic (exact) mass is 316 g/mol. The highest BCUT2D eigenvalue weighted by molar-refractivity contribution is 6.30. The molecule has 0 radical (unpaired) electrons. The molecule has 0 aliphatic heterocycles. The Balaban J connectivity index is 1.76. The van der Waals surface area contributed by atoms with E-state index < -0.39 is 0 Å². The van der Waals surface area contributed by atoms with Gasteiger partial charge in [-0.25, -0.2) is 0 Å². The number of halogens is 1. The molecule has 2 nitrogen and oxygen atoms in total. The summed E-state index contributed by atoms with van der Waals surface area (Å²) < 4.78 is 0. The van der Waals surface area contributed by atoms with Gasteiger partial charge in [-0.2, -0.15) is 0 Å². The van der Waals surface area contributed by atoms with Crippen molar-refractivity contribution in [3.63, 3.8) is 0 Å². The Hall–Kier alpha value is -1.41. The molecule has 0 unspecified atom stereocenters. The van der Waals surface area contributed by atoms with Gasteiger partial charge in [0.1, 0.15) is 5.78 Å². The first-order chi connectivity index (χ1) is 10.6. The van der Waals surface area contributed by atoms with Gasteiger partial charge in [0.15, 0.2) is 5.78 Å². The van der Waals surface area contributed by atoms with Crippen molar-refractivity contribution >= 4 is 23.2 Å². The van der Waals surface area contributed by atoms with Gasteiger partial charge in [0.25, 0.3) is 0 Å². The fourth-order valence-corrected chi connectivity index (χ4v) is 3.42. The first-order valence-corrected chi connectivity index (χ1v) is 8.51. The van der Waals surface area contributed by atoms with E-state index in [2.05, 4.69) is 0 Å². The van der Waals surface area contributed by atoms with E-state index in [9.17, 15) is 9.59 Å². The number of hydrogen-bond donors (Lipinski definition) is 0. The van der Waals surface area contributed by atoms with E-state index in [4.69, 9.17) is 11.6 Å². The van der Waals surface area contributed by atoms with Crippen LogP contribution in [-0.4, -0.2) is 11.6 Å². The van der Waals surface area contributed by atoms with Gasteiger partial charge >= 0.3 is 0 Å². The van der Waals surface area contributed by atoms with E-state index in [1.54, 1.807) is 0 Å². The average molecular weight is 317 g/mol. The van der Waals surface area contributed by atoms with Crippen molar-refractivity contribution in [1.82, 2.24) is 0 Å². The van der Waals surface area contributed by atoms with Crippen molar-refractivity contribution < 1.29 is 9.59 Å². The van der Waals surface area contributed by atoms with Crippen LogP contribution in [0.3, 0.4) is 0 Å². The SMILES string of the molecule is O=C1CCCCCC=C1CC(=O)C1(c2ccc(Cl)cc2)CC1. The third-order valence-electron chi connectivity index (χ3n) is 4.89. The number of benzene rings is 1. The molecule has 0 heterocycles. The fraction of sp³-hybridized carbons (Fsp3) is 0.474. The molecule has 1 fully saturated rings. The fourth-order valence-electron chi connectivity index (χ4n) is 3.29. The number of ketones is 2. The third kappa shape index (κ3) is 3.17. The lowest BCUT2D eigenvalue weighted by Gasteiger charge is -2.16. The van der Waals surface area contributed by atoms with Crippen molar-refractivity contribution in [2.24, 2.45) is 0 Å². The zero-order valence-electron chi connectivity index (χ0n) is 12.7. The van der Waals surface area contributed by atoms with Gasteiger partial charge in [-0.1, -0.05) is 36.2 Å². The Labute approximate surface area is 136 Å². The van der Waals surface area contributed by atoms with Crippen molar-refractivity contribution in [3.8, 4) is 0 Å². The minimum absolute atomic E-state index is 0.167. The molecule has 116 valence electrons. The highest BCUT2D eigenvalue weighted by atomic mass is 35.5. The molecule has 0 N–H and O–H groups in total. The molecule has 0 aromatic heterocycles. The molecule has 3 heteroatoms. The van der Waals surface area contributed by atoms with Gasteiger partial charge in [0.2, 0.25) is 0 Å². The van der Waals surface area contributed by atoms with E-state index >= 15 is 0 Å². The van der Waals surface area contributed by atoms with E-state index in [0.717, 1.165) is 49.7 Å². The van der Waals surface area contributed by atoms with E-state index in [-0.39, 0.29) is 17.0 Å². The van der Waals surface area contributed by atoms with Crippen LogP contribution in [-0.2, 0) is 15.0 Å². The van der Waals surface area contributed by atoms with Crippen LogP contribution in [0.25, 0.3) is 0 Å². The van der Waals surface area contributed by atoms with Gasteiger partial charge in [0, 0.05) is 17.9 Å². The predicted octanol–water partition coefficient (Wildman–Crippen LogP) is 4.79. The summed E-state index contributed by atoms with van der Waals surface area (Å²) in [5, 5.41) is 0.685. The third-order valence-corrected chi connectivity index (χ3v) is 5.14. The summed E-state index contributed by atoms with van der Waals surface area (Å²) in [5.74, 6) is 0.356. The molecule has 3 rings (SSSR count). The molecule has 1 saturated carbocycles. The maximum absolute atomic E-state index is 12.8. The number of carbonyl (C=O) groups is 2. The van der Waals surface area contributed by atoms with Gasteiger partial charge in [-0.3, -0.25) is 9.59 Å². The van der Waals surface area contributed by atoms with Crippen LogP contribution in [0.2, 0.25) is 5.02 Å². The lowest BCUT2D eigenvalue weighted by Crippen LogP contribution is -2.22. The lowest BCUT2D eigenvalue weighted by atomic mass is 9.86. The normalized spacial score (nSPS) is 20.8. The summed E-state index contributed by atoms with van der Waals surface area (Å²) in [5.41, 5.74) is 1.42. The van der Waals surface area contributed by atoms with Crippen LogP contribution in [0, 0.1) is 0 Å². The molecule has 1 aromatic rings. The minimum atomic E-state index is -0.367. The molecule has 22 heavy (non-hydrogen) atoms. The minimum Gasteiger partial charge on any atom is -0.298 e. The first-order valence-electron chi connectivity index (χ1n) is 8.13. The molecule has 2 aliphatic carbocycles. The van der Waals surface area contributed by atoms with Gasteiger partial charge in [-0.05, 0) is 55.4 Å². The van der Waals surface area contributed by atoms with Crippen LogP contribution in [0.15, 0.2) is 35.9 Å². The average Bonchev–Trinajstić information content (AvgIpc) is 3.29. The predicted molar refractivity (Wildman–Crippen MR) is 88.2 cm³/mol. The van der Waals surface area contributed by atoms with Gasteiger partial charge < -0.3 is 0 Å². The largest absolute Gasteiger partial charge is 0.298 e. The van der Waals surface area contributed by atoms with E-state index in [1.807, 2.05) is 30.3 Å². The molecule has 0 bridgehead atoms. The zero-order chi connectivity index (χ0) is 15.6. The number of rotatable bonds is 4. The molecule has 0 saturated heterocycles. The van der Waals surface area contributed by atoms with E-state index in [0.29, 0.717) is 17.9 Å². The Morgan fingerprint density at radius 3 is 2.50 bits per heavy atom. The summed E-state index contributed by atoms with van der Waals surface area (Å²) in [6, 6.07) is 7.57. The molecule has 0 spiro atoms. The van der Waals surface area contributed by atoms with Crippen LogP contribution in [0.1, 0.15) is 56.9 Å². The number of Topliss-reactive ketones (excluding diaryl/α,β-unsaturated/α-hetero) is 2. The summed E-state index contributed by atoms with van der Waals surface area (Å²) in [4.78, 5) is 25.0. The Morgan fingerprint density at radius 2 is 1.82 bits per heavy atom. The molecule has 0 amide bonds.